The lowest BCUT2D eigenvalue weighted by Crippen LogP contribution is -2.49. The van der Waals surface area contributed by atoms with Crippen LogP contribution in [0.2, 0.25) is 0 Å². The summed E-state index contributed by atoms with van der Waals surface area (Å²) in [4.78, 5) is 16.6. The Morgan fingerprint density at radius 3 is 2.40 bits per heavy atom. The predicted octanol–water partition coefficient (Wildman–Crippen LogP) is 2.69. The van der Waals surface area contributed by atoms with Gasteiger partial charge in [-0.05, 0) is 42.8 Å². The van der Waals surface area contributed by atoms with Gasteiger partial charge in [0.25, 0.3) is 0 Å². The van der Waals surface area contributed by atoms with Crippen LogP contribution < -0.4 is 15.4 Å². The maximum absolute atomic E-state index is 12.4. The highest BCUT2D eigenvalue weighted by atomic mass is 16.5. The fraction of sp³-hybridized carbons (Fsp3) is 0.350. The number of rotatable bonds is 5. The lowest BCUT2D eigenvalue weighted by molar-refractivity contribution is -0.132. The molecule has 2 N–H and O–H groups in total. The molecule has 132 valence electrons. The first-order valence-corrected chi connectivity index (χ1v) is 8.70. The second-order valence-electron chi connectivity index (χ2n) is 6.32. The molecule has 5 heteroatoms. The van der Waals surface area contributed by atoms with Crippen LogP contribution in [0.1, 0.15) is 12.0 Å². The molecule has 0 unspecified atom stereocenters. The summed E-state index contributed by atoms with van der Waals surface area (Å²) in [7, 11) is 0. The summed E-state index contributed by atoms with van der Waals surface area (Å²) < 4.78 is 5.73. The van der Waals surface area contributed by atoms with Gasteiger partial charge in [-0.25, -0.2) is 0 Å². The van der Waals surface area contributed by atoms with Gasteiger partial charge < -0.3 is 20.3 Å². The highest BCUT2D eigenvalue weighted by Gasteiger charge is 2.21. The van der Waals surface area contributed by atoms with Gasteiger partial charge in [-0.2, -0.15) is 0 Å². The third-order valence-electron chi connectivity index (χ3n) is 4.56. The number of nitrogens with zero attached hydrogens (tertiary/aromatic N) is 2. The van der Waals surface area contributed by atoms with Crippen molar-refractivity contribution >= 4 is 17.3 Å². The van der Waals surface area contributed by atoms with Gasteiger partial charge in [-0.3, -0.25) is 4.79 Å². The number of carbonyl (C=O) groups is 1. The minimum Gasteiger partial charge on any atom is -0.493 e. The van der Waals surface area contributed by atoms with Crippen molar-refractivity contribution < 1.29 is 9.53 Å². The number of aryl methyl sites for hydroxylation is 1. The molecule has 1 aliphatic heterocycles. The van der Waals surface area contributed by atoms with E-state index in [9.17, 15) is 4.79 Å². The van der Waals surface area contributed by atoms with Crippen molar-refractivity contribution in [2.24, 2.45) is 0 Å². The van der Waals surface area contributed by atoms with E-state index in [4.69, 9.17) is 10.5 Å². The Morgan fingerprint density at radius 2 is 1.72 bits per heavy atom. The van der Waals surface area contributed by atoms with Crippen molar-refractivity contribution in [3.8, 4) is 5.75 Å². The SMILES string of the molecule is Cc1ccccc1OCCC(=O)N1CCN(c2ccc(N)cc2)CC1. The summed E-state index contributed by atoms with van der Waals surface area (Å²) in [5, 5.41) is 0. The molecule has 0 aliphatic carbocycles. The van der Waals surface area contributed by atoms with Crippen molar-refractivity contribution in [2.75, 3.05) is 43.4 Å². The molecule has 1 saturated heterocycles. The molecular weight excluding hydrogens is 314 g/mol. The number of hydrogen-bond acceptors (Lipinski definition) is 4. The van der Waals surface area contributed by atoms with Crippen LogP contribution in [0.3, 0.4) is 0 Å². The normalized spacial score (nSPS) is 14.4. The van der Waals surface area contributed by atoms with Crippen molar-refractivity contribution in [3.63, 3.8) is 0 Å². The first-order chi connectivity index (χ1) is 12.1. The van der Waals surface area contributed by atoms with Crippen LogP contribution in [0.15, 0.2) is 48.5 Å². The van der Waals surface area contributed by atoms with Crippen LogP contribution in [0.25, 0.3) is 0 Å². The Hall–Kier alpha value is -2.69. The molecular formula is C20H25N3O2. The van der Waals surface area contributed by atoms with Crippen LogP contribution in [0.5, 0.6) is 5.75 Å². The lowest BCUT2D eigenvalue weighted by Gasteiger charge is -2.36. The van der Waals surface area contributed by atoms with E-state index in [1.54, 1.807) is 0 Å². The minimum atomic E-state index is 0.158. The molecule has 0 saturated carbocycles. The van der Waals surface area contributed by atoms with Crippen LogP contribution in [0, 0.1) is 6.92 Å². The van der Waals surface area contributed by atoms with Gasteiger partial charge in [0.2, 0.25) is 5.91 Å². The number of benzene rings is 2. The van der Waals surface area contributed by atoms with Gasteiger partial charge in [0, 0.05) is 37.6 Å². The van der Waals surface area contributed by atoms with Gasteiger partial charge >= 0.3 is 0 Å². The number of carbonyl (C=O) groups excluding carboxylic acids is 1. The van der Waals surface area contributed by atoms with Gasteiger partial charge in [-0.15, -0.1) is 0 Å². The smallest absolute Gasteiger partial charge is 0.226 e. The van der Waals surface area contributed by atoms with E-state index in [-0.39, 0.29) is 5.91 Å². The molecule has 0 spiro atoms. The monoisotopic (exact) mass is 339 g/mol. The fourth-order valence-corrected chi connectivity index (χ4v) is 3.02. The molecule has 0 aromatic heterocycles. The second kappa shape index (κ2) is 7.92. The second-order valence-corrected chi connectivity index (χ2v) is 6.32. The number of piperazine rings is 1. The predicted molar refractivity (Wildman–Crippen MR) is 101 cm³/mol. The zero-order chi connectivity index (χ0) is 17.6. The topological polar surface area (TPSA) is 58.8 Å². The summed E-state index contributed by atoms with van der Waals surface area (Å²) in [6.07, 6.45) is 0.413. The highest BCUT2D eigenvalue weighted by molar-refractivity contribution is 5.76. The Balaban J connectivity index is 1.44. The van der Waals surface area contributed by atoms with Gasteiger partial charge in [0.1, 0.15) is 5.75 Å². The van der Waals surface area contributed by atoms with Crippen LogP contribution in [0.4, 0.5) is 11.4 Å². The fourth-order valence-electron chi connectivity index (χ4n) is 3.02. The third kappa shape index (κ3) is 4.44. The van der Waals surface area contributed by atoms with Crippen molar-refractivity contribution in [2.45, 2.75) is 13.3 Å². The first-order valence-electron chi connectivity index (χ1n) is 8.70. The Kier molecular flexibility index (Phi) is 5.43. The van der Waals surface area contributed by atoms with E-state index in [0.717, 1.165) is 48.9 Å². The molecule has 3 rings (SSSR count). The van der Waals surface area contributed by atoms with Crippen LogP contribution >= 0.6 is 0 Å². The summed E-state index contributed by atoms with van der Waals surface area (Å²) in [6.45, 7) is 5.60. The van der Waals surface area contributed by atoms with Crippen molar-refractivity contribution in [1.29, 1.82) is 0 Å². The van der Waals surface area contributed by atoms with Crippen molar-refractivity contribution in [1.82, 2.24) is 4.90 Å². The zero-order valence-electron chi connectivity index (χ0n) is 14.6. The van der Waals surface area contributed by atoms with E-state index in [0.29, 0.717) is 13.0 Å². The zero-order valence-corrected chi connectivity index (χ0v) is 14.6. The number of nitrogen functional groups attached to an aromatic ring is 1. The average molecular weight is 339 g/mol. The number of hydrogen-bond donors (Lipinski definition) is 1. The first kappa shape index (κ1) is 17.1. The average Bonchev–Trinajstić information content (AvgIpc) is 2.64. The molecule has 1 heterocycles. The largest absolute Gasteiger partial charge is 0.493 e. The minimum absolute atomic E-state index is 0.158. The number of anilines is 2. The number of nitrogens with two attached hydrogens (primary N) is 1. The molecule has 0 atom stereocenters. The van der Waals surface area contributed by atoms with Gasteiger partial charge in [0.15, 0.2) is 0 Å². The van der Waals surface area contributed by atoms with E-state index < -0.39 is 0 Å². The van der Waals surface area contributed by atoms with Gasteiger partial charge in [-0.1, -0.05) is 18.2 Å². The molecule has 2 aromatic rings. The van der Waals surface area contributed by atoms with E-state index in [1.165, 1.54) is 0 Å². The third-order valence-corrected chi connectivity index (χ3v) is 4.56. The Morgan fingerprint density at radius 1 is 1.04 bits per heavy atom. The quantitative estimate of drug-likeness (QED) is 0.851. The standard InChI is InChI=1S/C20H25N3O2/c1-16-4-2-3-5-19(16)25-15-10-20(24)23-13-11-22(12-14-23)18-8-6-17(21)7-9-18/h2-9H,10-15,21H2,1H3. The lowest BCUT2D eigenvalue weighted by atomic mass is 10.2. The van der Waals surface area contributed by atoms with Gasteiger partial charge in [0.05, 0.1) is 13.0 Å². The maximum atomic E-state index is 12.4. The van der Waals surface area contributed by atoms with E-state index in [1.807, 2.05) is 60.4 Å². The summed E-state index contributed by atoms with van der Waals surface area (Å²) in [5.41, 5.74) is 8.75. The van der Waals surface area contributed by atoms with E-state index in [2.05, 4.69) is 4.90 Å². The number of ether oxygens (including phenoxy) is 1. The van der Waals surface area contributed by atoms with Crippen molar-refractivity contribution in [3.05, 3.63) is 54.1 Å². The molecule has 0 radical (unpaired) electrons. The summed E-state index contributed by atoms with van der Waals surface area (Å²) >= 11 is 0. The maximum Gasteiger partial charge on any atom is 0.226 e. The number of para-hydroxylation sites is 1. The highest BCUT2D eigenvalue weighted by Crippen LogP contribution is 2.19. The van der Waals surface area contributed by atoms with E-state index >= 15 is 0 Å². The number of amides is 1. The van der Waals surface area contributed by atoms with Crippen LogP contribution in [-0.2, 0) is 4.79 Å². The molecule has 25 heavy (non-hydrogen) atoms. The Labute approximate surface area is 149 Å². The summed E-state index contributed by atoms with van der Waals surface area (Å²) in [6, 6.07) is 15.8. The molecule has 5 nitrogen and oxygen atoms in total. The molecule has 0 bridgehead atoms. The molecule has 1 fully saturated rings. The van der Waals surface area contributed by atoms with Crippen LogP contribution in [-0.4, -0.2) is 43.6 Å². The molecule has 1 aliphatic rings. The summed E-state index contributed by atoms with van der Waals surface area (Å²) in [5.74, 6) is 1.01. The molecule has 2 aromatic carbocycles. The Bertz CT molecular complexity index is 707. The molecule has 1 amide bonds.